The van der Waals surface area contributed by atoms with Crippen molar-refractivity contribution in [3.63, 3.8) is 0 Å². The molecule has 0 fully saturated rings. The summed E-state index contributed by atoms with van der Waals surface area (Å²) in [4.78, 5) is 23.5. The largest absolute Gasteiger partial charge is 0.322 e. The summed E-state index contributed by atoms with van der Waals surface area (Å²) >= 11 is 0. The summed E-state index contributed by atoms with van der Waals surface area (Å²) in [6, 6.07) is 16.3. The SMILES string of the molecule is CC(C)c1ccc(NC(=O)c2cnc(N3CCCc4ccccc43)nc2)cc1. The molecule has 0 saturated heterocycles. The molecule has 4 rings (SSSR count). The van der Waals surface area contributed by atoms with Gasteiger partial charge >= 0.3 is 0 Å². The van der Waals surface area contributed by atoms with Gasteiger partial charge in [-0.3, -0.25) is 4.79 Å². The Bertz CT molecular complexity index is 965. The number of aryl methyl sites for hydroxylation is 1. The van der Waals surface area contributed by atoms with Crippen LogP contribution in [0.5, 0.6) is 0 Å². The number of aromatic nitrogens is 2. The summed E-state index contributed by atoms with van der Waals surface area (Å²) in [6.45, 7) is 5.17. The molecule has 0 saturated carbocycles. The average molecular weight is 372 g/mol. The van der Waals surface area contributed by atoms with Crippen LogP contribution in [0.1, 0.15) is 47.7 Å². The minimum absolute atomic E-state index is 0.206. The highest BCUT2D eigenvalue weighted by Crippen LogP contribution is 2.31. The second kappa shape index (κ2) is 7.80. The van der Waals surface area contributed by atoms with Crippen LogP contribution in [0.15, 0.2) is 60.9 Å². The zero-order valence-corrected chi connectivity index (χ0v) is 16.2. The van der Waals surface area contributed by atoms with Gasteiger partial charge in [0.1, 0.15) is 0 Å². The van der Waals surface area contributed by atoms with E-state index in [0.717, 1.165) is 30.8 Å². The molecule has 1 aromatic heterocycles. The van der Waals surface area contributed by atoms with Crippen LogP contribution in [0.3, 0.4) is 0 Å². The third kappa shape index (κ3) is 3.74. The molecule has 0 aliphatic carbocycles. The van der Waals surface area contributed by atoms with Gasteiger partial charge in [-0.1, -0.05) is 44.2 Å². The van der Waals surface area contributed by atoms with Crippen LogP contribution in [-0.4, -0.2) is 22.4 Å². The normalized spacial score (nSPS) is 13.3. The molecule has 0 unspecified atom stereocenters. The van der Waals surface area contributed by atoms with Gasteiger partial charge in [0.2, 0.25) is 5.95 Å². The fraction of sp³-hybridized carbons (Fsp3) is 0.261. The van der Waals surface area contributed by atoms with E-state index in [0.29, 0.717) is 17.4 Å². The van der Waals surface area contributed by atoms with Crippen molar-refractivity contribution in [1.29, 1.82) is 0 Å². The second-order valence-corrected chi connectivity index (χ2v) is 7.39. The number of para-hydroxylation sites is 1. The molecule has 2 heterocycles. The van der Waals surface area contributed by atoms with E-state index in [1.807, 2.05) is 30.3 Å². The molecular weight excluding hydrogens is 348 g/mol. The van der Waals surface area contributed by atoms with Gasteiger partial charge in [0.15, 0.2) is 0 Å². The van der Waals surface area contributed by atoms with Gasteiger partial charge < -0.3 is 10.2 Å². The first kappa shape index (κ1) is 18.2. The molecule has 1 N–H and O–H groups in total. The van der Waals surface area contributed by atoms with Crippen molar-refractivity contribution in [1.82, 2.24) is 9.97 Å². The van der Waals surface area contributed by atoms with Crippen molar-refractivity contribution in [2.45, 2.75) is 32.6 Å². The summed E-state index contributed by atoms with van der Waals surface area (Å²) in [5.74, 6) is 0.887. The van der Waals surface area contributed by atoms with Crippen LogP contribution in [0.2, 0.25) is 0 Å². The quantitative estimate of drug-likeness (QED) is 0.705. The minimum atomic E-state index is -0.206. The molecule has 0 bridgehead atoms. The average Bonchev–Trinajstić information content (AvgIpc) is 2.74. The number of carbonyl (C=O) groups excluding carboxylic acids is 1. The van der Waals surface area contributed by atoms with Crippen LogP contribution < -0.4 is 10.2 Å². The topological polar surface area (TPSA) is 58.1 Å². The second-order valence-electron chi connectivity index (χ2n) is 7.39. The lowest BCUT2D eigenvalue weighted by atomic mass is 10.0. The Morgan fingerprint density at radius 1 is 1.04 bits per heavy atom. The number of fused-ring (bicyclic) bond motifs is 1. The third-order valence-electron chi connectivity index (χ3n) is 5.09. The van der Waals surface area contributed by atoms with Gasteiger partial charge in [-0.05, 0) is 48.1 Å². The van der Waals surface area contributed by atoms with Gasteiger partial charge in [-0.25, -0.2) is 9.97 Å². The van der Waals surface area contributed by atoms with Crippen molar-refractivity contribution in [2.75, 3.05) is 16.8 Å². The monoisotopic (exact) mass is 372 g/mol. The van der Waals surface area contributed by atoms with Gasteiger partial charge in [0.25, 0.3) is 5.91 Å². The molecule has 0 radical (unpaired) electrons. The number of nitrogens with zero attached hydrogens (tertiary/aromatic N) is 3. The lowest BCUT2D eigenvalue weighted by molar-refractivity contribution is 0.102. The lowest BCUT2D eigenvalue weighted by Gasteiger charge is -2.29. The van der Waals surface area contributed by atoms with Crippen molar-refractivity contribution >= 4 is 23.2 Å². The van der Waals surface area contributed by atoms with Gasteiger partial charge in [-0.15, -0.1) is 0 Å². The van der Waals surface area contributed by atoms with E-state index < -0.39 is 0 Å². The number of benzene rings is 2. The maximum atomic E-state index is 12.5. The Hall–Kier alpha value is -3.21. The maximum absolute atomic E-state index is 12.5. The molecule has 0 atom stereocenters. The molecule has 1 amide bonds. The van der Waals surface area contributed by atoms with Crippen molar-refractivity contribution in [2.24, 2.45) is 0 Å². The van der Waals surface area contributed by atoms with Crippen LogP contribution in [-0.2, 0) is 6.42 Å². The number of hydrogen-bond acceptors (Lipinski definition) is 4. The fourth-order valence-corrected chi connectivity index (χ4v) is 3.47. The van der Waals surface area contributed by atoms with E-state index in [1.165, 1.54) is 11.1 Å². The number of carbonyl (C=O) groups is 1. The van der Waals surface area contributed by atoms with Crippen molar-refractivity contribution in [3.05, 3.63) is 77.6 Å². The first-order valence-electron chi connectivity index (χ1n) is 9.70. The third-order valence-corrected chi connectivity index (χ3v) is 5.09. The number of rotatable bonds is 4. The number of hydrogen-bond donors (Lipinski definition) is 1. The van der Waals surface area contributed by atoms with E-state index >= 15 is 0 Å². The summed E-state index contributed by atoms with van der Waals surface area (Å²) in [5.41, 5.74) is 4.91. The zero-order valence-electron chi connectivity index (χ0n) is 16.2. The van der Waals surface area contributed by atoms with E-state index in [9.17, 15) is 4.79 Å². The molecule has 5 heteroatoms. The highest BCUT2D eigenvalue weighted by Gasteiger charge is 2.20. The first-order chi connectivity index (χ1) is 13.6. The predicted molar refractivity (Wildman–Crippen MR) is 112 cm³/mol. The fourth-order valence-electron chi connectivity index (χ4n) is 3.47. The van der Waals surface area contributed by atoms with Gasteiger partial charge in [0, 0.05) is 30.3 Å². The Labute approximate surface area is 165 Å². The molecule has 2 aromatic carbocycles. The smallest absolute Gasteiger partial charge is 0.258 e. The molecule has 142 valence electrons. The van der Waals surface area contributed by atoms with E-state index in [-0.39, 0.29) is 5.91 Å². The molecule has 0 spiro atoms. The molecule has 28 heavy (non-hydrogen) atoms. The number of amides is 1. The molecule has 3 aromatic rings. The van der Waals surface area contributed by atoms with Crippen LogP contribution in [0.4, 0.5) is 17.3 Å². The van der Waals surface area contributed by atoms with Crippen molar-refractivity contribution in [3.8, 4) is 0 Å². The first-order valence-corrected chi connectivity index (χ1v) is 9.70. The lowest BCUT2D eigenvalue weighted by Crippen LogP contribution is -2.26. The standard InChI is InChI=1S/C23H24N4O/c1-16(2)17-9-11-20(12-10-17)26-22(28)19-14-24-23(25-15-19)27-13-5-7-18-6-3-4-8-21(18)27/h3-4,6,8-12,14-16H,5,7,13H2,1-2H3,(H,26,28). The number of anilines is 3. The highest BCUT2D eigenvalue weighted by atomic mass is 16.1. The van der Waals surface area contributed by atoms with Crippen LogP contribution in [0, 0.1) is 0 Å². The molecule has 5 nitrogen and oxygen atoms in total. The Morgan fingerprint density at radius 3 is 2.46 bits per heavy atom. The maximum Gasteiger partial charge on any atom is 0.258 e. The molecular formula is C23H24N4O. The summed E-state index contributed by atoms with van der Waals surface area (Å²) in [6.07, 6.45) is 5.33. The molecule has 1 aliphatic heterocycles. The highest BCUT2D eigenvalue weighted by molar-refractivity contribution is 6.03. The van der Waals surface area contributed by atoms with Gasteiger partial charge in [0.05, 0.1) is 5.56 Å². The van der Waals surface area contributed by atoms with Crippen LogP contribution >= 0.6 is 0 Å². The summed E-state index contributed by atoms with van der Waals surface area (Å²) < 4.78 is 0. The Balaban J connectivity index is 1.48. The summed E-state index contributed by atoms with van der Waals surface area (Å²) in [5, 5.41) is 2.91. The Morgan fingerprint density at radius 2 is 1.75 bits per heavy atom. The number of nitrogens with one attached hydrogen (secondary N) is 1. The summed E-state index contributed by atoms with van der Waals surface area (Å²) in [7, 11) is 0. The van der Waals surface area contributed by atoms with Crippen LogP contribution in [0.25, 0.3) is 0 Å². The molecule has 1 aliphatic rings. The minimum Gasteiger partial charge on any atom is -0.322 e. The zero-order chi connectivity index (χ0) is 19.5. The van der Waals surface area contributed by atoms with E-state index in [2.05, 4.69) is 52.2 Å². The van der Waals surface area contributed by atoms with Gasteiger partial charge in [-0.2, -0.15) is 0 Å². The van der Waals surface area contributed by atoms with E-state index in [4.69, 9.17) is 0 Å². The van der Waals surface area contributed by atoms with Crippen molar-refractivity contribution < 1.29 is 4.79 Å². The van der Waals surface area contributed by atoms with E-state index in [1.54, 1.807) is 12.4 Å². The Kier molecular flexibility index (Phi) is 5.06. The predicted octanol–water partition coefficient (Wildman–Crippen LogP) is 4.94.